The topological polar surface area (TPSA) is 93.5 Å². The van der Waals surface area contributed by atoms with Crippen LogP contribution in [-0.2, 0) is 21.8 Å². The molecule has 8 nitrogen and oxygen atoms in total. The second-order valence-corrected chi connectivity index (χ2v) is 8.60. The molecule has 0 aromatic carbocycles. The van der Waals surface area contributed by atoms with Crippen LogP contribution in [0, 0.1) is 5.41 Å². The quantitative estimate of drug-likeness (QED) is 0.822. The van der Waals surface area contributed by atoms with Gasteiger partial charge in [0.25, 0.3) is 5.91 Å². The Bertz CT molecular complexity index is 707. The fraction of sp³-hybridized carbons (Fsp3) is 0.733. The molecule has 2 saturated heterocycles. The molecule has 2 aliphatic rings. The minimum Gasteiger partial charge on any atom is -0.380 e. The lowest BCUT2D eigenvalue weighted by atomic mass is 9.69. The predicted octanol–water partition coefficient (Wildman–Crippen LogP) is -0.0194. The Morgan fingerprint density at radius 3 is 2.67 bits per heavy atom. The Balaban J connectivity index is 1.69. The Hall–Kier alpha value is -1.45. The number of nitrogens with one attached hydrogen (secondary N) is 1. The molecule has 24 heavy (non-hydrogen) atoms. The van der Waals surface area contributed by atoms with Gasteiger partial charge in [-0.15, -0.1) is 0 Å². The standard InChI is InChI=1S/C15H24N4O4S/c1-18-10-12(9-16-18)14(20)19-6-3-15(4-7-19)5-8-23-11-13(15)17-24(2,21)22/h9-10,13,17H,3-8,11H2,1-2H3/t13-/m1/s1. The van der Waals surface area contributed by atoms with Gasteiger partial charge in [0.05, 0.1) is 30.7 Å². The Morgan fingerprint density at radius 1 is 1.38 bits per heavy atom. The van der Waals surface area contributed by atoms with Gasteiger partial charge >= 0.3 is 0 Å². The van der Waals surface area contributed by atoms with E-state index in [9.17, 15) is 13.2 Å². The first-order chi connectivity index (χ1) is 11.3. The zero-order valence-electron chi connectivity index (χ0n) is 14.1. The van der Waals surface area contributed by atoms with E-state index in [0.717, 1.165) is 19.3 Å². The highest BCUT2D eigenvalue weighted by Gasteiger charge is 2.45. The average molecular weight is 356 g/mol. The third kappa shape index (κ3) is 3.62. The Kier molecular flexibility index (Phi) is 4.67. The summed E-state index contributed by atoms with van der Waals surface area (Å²) in [6.07, 6.45) is 6.83. The highest BCUT2D eigenvalue weighted by Crippen LogP contribution is 2.41. The zero-order chi connectivity index (χ0) is 17.4. The highest BCUT2D eigenvalue weighted by atomic mass is 32.2. The molecule has 3 rings (SSSR count). The first-order valence-electron chi connectivity index (χ1n) is 8.12. The number of amides is 1. The third-order valence-electron chi connectivity index (χ3n) is 5.12. The van der Waals surface area contributed by atoms with Crippen LogP contribution in [0.5, 0.6) is 0 Å². The largest absolute Gasteiger partial charge is 0.380 e. The van der Waals surface area contributed by atoms with Crippen LogP contribution in [0.1, 0.15) is 29.6 Å². The molecule has 3 heterocycles. The van der Waals surface area contributed by atoms with Gasteiger partial charge in [-0.1, -0.05) is 0 Å². The first-order valence-corrected chi connectivity index (χ1v) is 10.0. The van der Waals surface area contributed by atoms with Crippen molar-refractivity contribution in [1.82, 2.24) is 19.4 Å². The van der Waals surface area contributed by atoms with Gasteiger partial charge in [0, 0.05) is 32.9 Å². The fourth-order valence-electron chi connectivity index (χ4n) is 3.71. The SMILES string of the molecule is Cn1cc(C(=O)N2CCC3(CCOC[C@H]3NS(C)(=O)=O)CC2)cn1. The van der Waals surface area contributed by atoms with Crippen molar-refractivity contribution in [3.8, 4) is 0 Å². The van der Waals surface area contributed by atoms with Crippen LogP contribution in [0.4, 0.5) is 0 Å². The number of piperidine rings is 1. The van der Waals surface area contributed by atoms with Gasteiger partial charge in [0.2, 0.25) is 10.0 Å². The molecule has 1 N–H and O–H groups in total. The lowest BCUT2D eigenvalue weighted by Gasteiger charge is -2.48. The van der Waals surface area contributed by atoms with Crippen LogP contribution in [0.3, 0.4) is 0 Å². The van der Waals surface area contributed by atoms with E-state index in [4.69, 9.17) is 4.74 Å². The summed E-state index contributed by atoms with van der Waals surface area (Å²) < 4.78 is 33.1. The minimum atomic E-state index is -3.29. The van der Waals surface area contributed by atoms with Crippen molar-refractivity contribution in [2.45, 2.75) is 25.3 Å². The maximum atomic E-state index is 12.5. The summed E-state index contributed by atoms with van der Waals surface area (Å²) in [5, 5.41) is 4.04. The van der Waals surface area contributed by atoms with Gasteiger partial charge in [-0.2, -0.15) is 5.10 Å². The van der Waals surface area contributed by atoms with E-state index in [0.29, 0.717) is 31.9 Å². The smallest absolute Gasteiger partial charge is 0.257 e. The summed E-state index contributed by atoms with van der Waals surface area (Å²) in [6.45, 7) is 2.27. The molecule has 0 bridgehead atoms. The number of aryl methyl sites for hydroxylation is 1. The molecule has 0 saturated carbocycles. The van der Waals surface area contributed by atoms with Crippen molar-refractivity contribution < 1.29 is 17.9 Å². The highest BCUT2D eigenvalue weighted by molar-refractivity contribution is 7.88. The molecule has 1 spiro atoms. The van der Waals surface area contributed by atoms with Crippen molar-refractivity contribution in [2.24, 2.45) is 12.5 Å². The fourth-order valence-corrected chi connectivity index (χ4v) is 4.55. The number of carbonyl (C=O) groups excluding carboxylic acids is 1. The van der Waals surface area contributed by atoms with E-state index in [2.05, 4.69) is 9.82 Å². The molecule has 1 aromatic rings. The summed E-state index contributed by atoms with van der Waals surface area (Å²) in [5.41, 5.74) is 0.457. The summed E-state index contributed by atoms with van der Waals surface area (Å²) in [4.78, 5) is 14.4. The molecular weight excluding hydrogens is 332 g/mol. The molecule has 2 aliphatic heterocycles. The second-order valence-electron chi connectivity index (χ2n) is 6.82. The lowest BCUT2D eigenvalue weighted by molar-refractivity contribution is -0.0400. The number of rotatable bonds is 3. The Labute approximate surface area is 142 Å². The number of likely N-dealkylation sites (tertiary alicyclic amines) is 1. The molecule has 9 heteroatoms. The normalized spacial score (nSPS) is 24.2. The van der Waals surface area contributed by atoms with Crippen LogP contribution in [0.15, 0.2) is 12.4 Å². The summed E-state index contributed by atoms with van der Waals surface area (Å²) in [6, 6.07) is -0.225. The van der Waals surface area contributed by atoms with Crippen molar-refractivity contribution >= 4 is 15.9 Å². The second kappa shape index (κ2) is 6.45. The molecule has 134 valence electrons. The van der Waals surface area contributed by atoms with E-state index in [1.165, 1.54) is 6.26 Å². The molecule has 1 atom stereocenters. The molecule has 1 aromatic heterocycles. The molecule has 1 amide bonds. The molecular formula is C15H24N4O4S. The number of aromatic nitrogens is 2. The van der Waals surface area contributed by atoms with Crippen molar-refractivity contribution in [2.75, 3.05) is 32.6 Å². The van der Waals surface area contributed by atoms with Crippen molar-refractivity contribution in [1.29, 1.82) is 0 Å². The third-order valence-corrected chi connectivity index (χ3v) is 5.84. The lowest BCUT2D eigenvalue weighted by Crippen LogP contribution is -2.57. The van der Waals surface area contributed by atoms with Gasteiger partial charge < -0.3 is 9.64 Å². The number of ether oxygens (including phenoxy) is 1. The zero-order valence-corrected chi connectivity index (χ0v) is 14.9. The number of hydrogen-bond acceptors (Lipinski definition) is 5. The van der Waals surface area contributed by atoms with Crippen LogP contribution < -0.4 is 4.72 Å². The average Bonchev–Trinajstić information content (AvgIpc) is 2.95. The van der Waals surface area contributed by atoms with Crippen LogP contribution in [0.25, 0.3) is 0 Å². The van der Waals surface area contributed by atoms with E-state index in [-0.39, 0.29) is 17.4 Å². The predicted molar refractivity (Wildman–Crippen MR) is 88.0 cm³/mol. The summed E-state index contributed by atoms with van der Waals surface area (Å²) >= 11 is 0. The van der Waals surface area contributed by atoms with Crippen LogP contribution >= 0.6 is 0 Å². The van der Waals surface area contributed by atoms with E-state index >= 15 is 0 Å². The molecule has 0 aliphatic carbocycles. The van der Waals surface area contributed by atoms with Crippen LogP contribution in [0.2, 0.25) is 0 Å². The van der Waals surface area contributed by atoms with E-state index in [1.54, 1.807) is 24.1 Å². The first kappa shape index (κ1) is 17.4. The van der Waals surface area contributed by atoms with Gasteiger partial charge in [-0.3, -0.25) is 9.48 Å². The summed E-state index contributed by atoms with van der Waals surface area (Å²) in [5.74, 6) is -0.0161. The minimum absolute atomic E-state index is 0.0161. The number of carbonyl (C=O) groups is 1. The van der Waals surface area contributed by atoms with Crippen molar-refractivity contribution in [3.05, 3.63) is 18.0 Å². The monoisotopic (exact) mass is 356 g/mol. The van der Waals surface area contributed by atoms with E-state index in [1.807, 2.05) is 4.90 Å². The molecule has 0 unspecified atom stereocenters. The number of sulfonamides is 1. The number of hydrogen-bond donors (Lipinski definition) is 1. The van der Waals surface area contributed by atoms with Crippen molar-refractivity contribution in [3.63, 3.8) is 0 Å². The number of nitrogens with zero attached hydrogens (tertiary/aromatic N) is 3. The van der Waals surface area contributed by atoms with Gasteiger partial charge in [-0.05, 0) is 24.7 Å². The maximum absolute atomic E-state index is 12.5. The van der Waals surface area contributed by atoms with E-state index < -0.39 is 10.0 Å². The van der Waals surface area contributed by atoms with Gasteiger partial charge in [-0.25, -0.2) is 13.1 Å². The van der Waals surface area contributed by atoms with Gasteiger partial charge in [0.1, 0.15) is 0 Å². The summed E-state index contributed by atoms with van der Waals surface area (Å²) in [7, 11) is -1.51. The van der Waals surface area contributed by atoms with Crippen LogP contribution in [-0.4, -0.2) is 67.6 Å². The molecule has 2 fully saturated rings. The molecule has 0 radical (unpaired) electrons. The maximum Gasteiger partial charge on any atom is 0.257 e. The Morgan fingerprint density at radius 2 is 2.08 bits per heavy atom. The van der Waals surface area contributed by atoms with Gasteiger partial charge in [0.15, 0.2) is 0 Å².